The van der Waals surface area contributed by atoms with E-state index in [4.69, 9.17) is 4.74 Å². The van der Waals surface area contributed by atoms with Gasteiger partial charge >= 0.3 is 0 Å². The molecule has 118 valence electrons. The summed E-state index contributed by atoms with van der Waals surface area (Å²) < 4.78 is 5.64. The van der Waals surface area contributed by atoms with Gasteiger partial charge in [0.05, 0.1) is 18.2 Å². The quantitative estimate of drug-likeness (QED) is 0.811. The largest absolute Gasteiger partial charge is 0.498 e. The number of aromatic amines is 1. The molecule has 1 saturated heterocycles. The van der Waals surface area contributed by atoms with E-state index in [2.05, 4.69) is 34.1 Å². The van der Waals surface area contributed by atoms with Crippen LogP contribution in [0.3, 0.4) is 0 Å². The van der Waals surface area contributed by atoms with Gasteiger partial charge in [-0.25, -0.2) is 0 Å². The van der Waals surface area contributed by atoms with Crippen LogP contribution >= 0.6 is 0 Å². The summed E-state index contributed by atoms with van der Waals surface area (Å²) in [5.74, 6) is 1.37. The van der Waals surface area contributed by atoms with Crippen LogP contribution in [-0.2, 0) is 16.0 Å². The minimum absolute atomic E-state index is 0.188. The Morgan fingerprint density at radius 1 is 1.30 bits per heavy atom. The Labute approximate surface area is 135 Å². The first-order chi connectivity index (χ1) is 11.2. The van der Waals surface area contributed by atoms with Crippen LogP contribution in [0.2, 0.25) is 0 Å². The van der Waals surface area contributed by atoms with E-state index in [0.29, 0.717) is 5.92 Å². The summed E-state index contributed by atoms with van der Waals surface area (Å²) in [6, 6.07) is 8.67. The molecule has 4 heteroatoms. The summed E-state index contributed by atoms with van der Waals surface area (Å²) in [7, 11) is 0. The van der Waals surface area contributed by atoms with Crippen molar-refractivity contribution < 1.29 is 9.53 Å². The van der Waals surface area contributed by atoms with E-state index < -0.39 is 0 Å². The number of aromatic nitrogens is 1. The van der Waals surface area contributed by atoms with Crippen LogP contribution in [0.5, 0.6) is 0 Å². The molecule has 0 aliphatic carbocycles. The van der Waals surface area contributed by atoms with Gasteiger partial charge in [0.25, 0.3) is 5.91 Å². The molecular formula is C19H20N2O2. The van der Waals surface area contributed by atoms with Crippen molar-refractivity contribution in [3.63, 3.8) is 0 Å². The Kier molecular flexibility index (Phi) is 2.67. The predicted octanol–water partition coefficient (Wildman–Crippen LogP) is 3.31. The fraction of sp³-hybridized carbons (Fsp3) is 0.421. The van der Waals surface area contributed by atoms with Gasteiger partial charge in [-0.1, -0.05) is 18.2 Å². The van der Waals surface area contributed by atoms with Crippen LogP contribution in [-0.4, -0.2) is 28.9 Å². The molecular weight excluding hydrogens is 288 g/mol. The predicted molar refractivity (Wildman–Crippen MR) is 87.8 cm³/mol. The average molecular weight is 308 g/mol. The third kappa shape index (κ3) is 1.75. The average Bonchev–Trinajstić information content (AvgIpc) is 2.94. The molecule has 1 aromatic carbocycles. The summed E-state index contributed by atoms with van der Waals surface area (Å²) in [5.41, 5.74) is 4.78. The van der Waals surface area contributed by atoms with Crippen molar-refractivity contribution in [2.24, 2.45) is 5.92 Å². The van der Waals surface area contributed by atoms with Crippen molar-refractivity contribution >= 4 is 16.8 Å². The lowest BCUT2D eigenvalue weighted by Crippen LogP contribution is -2.47. The first-order valence-electron chi connectivity index (χ1n) is 8.48. The summed E-state index contributed by atoms with van der Waals surface area (Å²) in [6.07, 6.45) is 2.90. The van der Waals surface area contributed by atoms with Crippen LogP contribution in [0.1, 0.15) is 37.1 Å². The molecule has 1 amide bonds. The maximum atomic E-state index is 13.0. The number of hydrogen-bond acceptors (Lipinski definition) is 2. The Morgan fingerprint density at radius 2 is 2.17 bits per heavy atom. The van der Waals surface area contributed by atoms with E-state index in [-0.39, 0.29) is 11.9 Å². The Bertz CT molecular complexity index is 848. The highest BCUT2D eigenvalue weighted by atomic mass is 16.5. The molecule has 3 aliphatic rings. The maximum Gasteiger partial charge on any atom is 0.254 e. The van der Waals surface area contributed by atoms with Gasteiger partial charge in [0, 0.05) is 23.1 Å². The molecule has 4 nitrogen and oxygen atoms in total. The molecule has 1 N–H and O–H groups in total. The highest BCUT2D eigenvalue weighted by molar-refractivity contribution is 5.96. The first kappa shape index (κ1) is 13.2. The summed E-state index contributed by atoms with van der Waals surface area (Å²) in [4.78, 5) is 18.7. The molecule has 3 aliphatic heterocycles. The number of nitrogens with one attached hydrogen (secondary N) is 1. The van der Waals surface area contributed by atoms with E-state index in [1.54, 1.807) is 0 Å². The lowest BCUT2D eigenvalue weighted by molar-refractivity contribution is -0.134. The number of ether oxygens (including phenoxy) is 1. The highest BCUT2D eigenvalue weighted by Crippen LogP contribution is 2.46. The topological polar surface area (TPSA) is 45.3 Å². The van der Waals surface area contributed by atoms with E-state index in [1.807, 2.05) is 6.92 Å². The molecule has 23 heavy (non-hydrogen) atoms. The van der Waals surface area contributed by atoms with Crippen molar-refractivity contribution in [2.45, 2.75) is 32.2 Å². The standard InChI is InChI=1S/C19H20N2O2/c1-11-17-12(7-9-23-11)10-16-18-14(6-8-21(16)19(17)22)13-4-2-3-5-15(13)20-18/h2-5,12,16,20H,6-10H2,1H3/t12-,16+/m0/s1. The van der Waals surface area contributed by atoms with Crippen LogP contribution in [0.15, 0.2) is 35.6 Å². The number of benzene rings is 1. The fourth-order valence-electron chi connectivity index (χ4n) is 4.66. The van der Waals surface area contributed by atoms with E-state index >= 15 is 0 Å². The van der Waals surface area contributed by atoms with Crippen molar-refractivity contribution in [1.29, 1.82) is 0 Å². The molecule has 0 spiro atoms. The van der Waals surface area contributed by atoms with E-state index in [1.165, 1.54) is 22.2 Å². The first-order valence-corrected chi connectivity index (χ1v) is 8.48. The summed E-state index contributed by atoms with van der Waals surface area (Å²) in [6.45, 7) is 3.49. The van der Waals surface area contributed by atoms with Gasteiger partial charge < -0.3 is 14.6 Å². The molecule has 0 unspecified atom stereocenters. The number of hydrogen-bond donors (Lipinski definition) is 1. The summed E-state index contributed by atoms with van der Waals surface area (Å²) >= 11 is 0. The second-order valence-corrected chi connectivity index (χ2v) is 6.87. The second-order valence-electron chi connectivity index (χ2n) is 6.87. The Hall–Kier alpha value is -2.23. The fourth-order valence-corrected chi connectivity index (χ4v) is 4.66. The van der Waals surface area contributed by atoms with Gasteiger partial charge in [-0.3, -0.25) is 4.79 Å². The van der Waals surface area contributed by atoms with E-state index in [9.17, 15) is 4.79 Å². The number of amides is 1. The number of H-pyrrole nitrogens is 1. The van der Waals surface area contributed by atoms with Crippen LogP contribution in [0.4, 0.5) is 0 Å². The van der Waals surface area contributed by atoms with Gasteiger partial charge in [0.2, 0.25) is 0 Å². The molecule has 0 saturated carbocycles. The maximum absolute atomic E-state index is 13.0. The zero-order chi connectivity index (χ0) is 15.6. The van der Waals surface area contributed by atoms with Gasteiger partial charge in [-0.15, -0.1) is 0 Å². The van der Waals surface area contributed by atoms with Gasteiger partial charge in [0.15, 0.2) is 0 Å². The highest BCUT2D eigenvalue weighted by Gasteiger charge is 2.44. The SMILES string of the molecule is CC1=C2C(=O)N3CCc4c([nH]c5ccccc45)[C@H]3C[C@@H]2CCO1. The Balaban J connectivity index is 1.64. The monoisotopic (exact) mass is 308 g/mol. The third-order valence-corrected chi connectivity index (χ3v) is 5.73. The zero-order valence-corrected chi connectivity index (χ0v) is 13.3. The number of fused-ring (bicyclic) bond motifs is 6. The number of nitrogens with zero attached hydrogens (tertiary/aromatic N) is 1. The lowest BCUT2D eigenvalue weighted by Gasteiger charge is -2.44. The van der Waals surface area contributed by atoms with Crippen LogP contribution in [0.25, 0.3) is 10.9 Å². The number of allylic oxidation sites excluding steroid dienone is 1. The molecule has 1 aromatic heterocycles. The zero-order valence-electron chi connectivity index (χ0n) is 13.3. The smallest absolute Gasteiger partial charge is 0.254 e. The van der Waals surface area contributed by atoms with Crippen LogP contribution < -0.4 is 0 Å². The number of carbonyl (C=O) groups excluding carboxylic acids is 1. The van der Waals surface area contributed by atoms with Gasteiger partial charge in [-0.05, 0) is 43.7 Å². The van der Waals surface area contributed by atoms with Crippen molar-refractivity contribution in [3.8, 4) is 0 Å². The number of para-hydroxylation sites is 1. The van der Waals surface area contributed by atoms with Crippen molar-refractivity contribution in [3.05, 3.63) is 46.9 Å². The minimum Gasteiger partial charge on any atom is -0.498 e. The van der Waals surface area contributed by atoms with Gasteiger partial charge in [0.1, 0.15) is 5.76 Å². The lowest BCUT2D eigenvalue weighted by atomic mass is 9.79. The molecule has 0 radical (unpaired) electrons. The van der Waals surface area contributed by atoms with Crippen molar-refractivity contribution in [1.82, 2.24) is 9.88 Å². The second kappa shape index (κ2) is 4.63. The number of carbonyl (C=O) groups is 1. The molecule has 2 aromatic rings. The van der Waals surface area contributed by atoms with Crippen molar-refractivity contribution in [2.75, 3.05) is 13.2 Å². The molecule has 5 rings (SSSR count). The third-order valence-electron chi connectivity index (χ3n) is 5.73. The molecule has 0 bridgehead atoms. The molecule has 2 atom stereocenters. The number of piperidine rings is 1. The normalized spacial score (nSPS) is 26.7. The number of rotatable bonds is 0. The minimum atomic E-state index is 0.188. The van der Waals surface area contributed by atoms with Crippen LogP contribution in [0, 0.1) is 5.92 Å². The molecule has 1 fully saturated rings. The van der Waals surface area contributed by atoms with Gasteiger partial charge in [-0.2, -0.15) is 0 Å². The summed E-state index contributed by atoms with van der Waals surface area (Å²) in [5, 5.41) is 1.32. The van der Waals surface area contributed by atoms with E-state index in [0.717, 1.165) is 43.7 Å². The molecule has 4 heterocycles. The Morgan fingerprint density at radius 3 is 3.09 bits per heavy atom.